The fourth-order valence-electron chi connectivity index (χ4n) is 3.87. The molecule has 2 aromatic heterocycles. The minimum Gasteiger partial charge on any atom is -0.474 e. The minimum atomic E-state index is 0.262. The van der Waals surface area contributed by atoms with E-state index >= 15 is 0 Å². The number of ether oxygens (including phenoxy) is 2. The molecule has 0 N–H and O–H groups in total. The van der Waals surface area contributed by atoms with E-state index in [1.807, 2.05) is 12.1 Å². The lowest BCUT2D eigenvalue weighted by atomic mass is 9.98. The molecule has 0 saturated heterocycles. The average Bonchev–Trinajstić information content (AvgIpc) is 2.65. The van der Waals surface area contributed by atoms with E-state index in [4.69, 9.17) is 9.47 Å². The molecule has 140 valence electrons. The van der Waals surface area contributed by atoms with Crippen molar-refractivity contribution in [1.82, 2.24) is 9.97 Å². The van der Waals surface area contributed by atoms with Crippen molar-refractivity contribution >= 4 is 42.9 Å². The number of fused-ring (bicyclic) bond motifs is 1. The fourth-order valence-corrected chi connectivity index (χ4v) is 4.73. The normalized spacial score (nSPS) is 19.6. The van der Waals surface area contributed by atoms with Crippen LogP contribution in [-0.2, 0) is 0 Å². The lowest BCUT2D eigenvalue weighted by Crippen LogP contribution is -2.21. The van der Waals surface area contributed by atoms with Gasteiger partial charge in [-0.15, -0.1) is 0 Å². The van der Waals surface area contributed by atoms with Gasteiger partial charge < -0.3 is 9.47 Å². The van der Waals surface area contributed by atoms with E-state index in [1.54, 1.807) is 0 Å². The highest BCUT2D eigenvalue weighted by Crippen LogP contribution is 2.34. The maximum absolute atomic E-state index is 6.16. The topological polar surface area (TPSA) is 44.2 Å². The number of hydrogen-bond donors (Lipinski definition) is 0. The maximum Gasteiger partial charge on any atom is 0.230 e. The van der Waals surface area contributed by atoms with Gasteiger partial charge in [0.2, 0.25) is 11.8 Å². The smallest absolute Gasteiger partial charge is 0.230 e. The molecule has 0 radical (unpaired) electrons. The van der Waals surface area contributed by atoms with E-state index in [1.165, 1.54) is 38.5 Å². The van der Waals surface area contributed by atoms with Crippen molar-refractivity contribution in [1.29, 1.82) is 0 Å². The van der Waals surface area contributed by atoms with Crippen LogP contribution in [0.4, 0.5) is 0 Å². The van der Waals surface area contributed by atoms with Crippen LogP contribution >= 0.6 is 31.9 Å². The van der Waals surface area contributed by atoms with Gasteiger partial charge in [0.25, 0.3) is 0 Å². The predicted octanol–water partition coefficient (Wildman–Crippen LogP) is 6.58. The summed E-state index contributed by atoms with van der Waals surface area (Å²) in [5.74, 6) is 1.28. The van der Waals surface area contributed by atoms with E-state index in [-0.39, 0.29) is 12.2 Å². The molecular formula is C20H24Br2N2O2. The summed E-state index contributed by atoms with van der Waals surface area (Å²) in [6, 6.07) is 4.06. The van der Waals surface area contributed by atoms with Gasteiger partial charge in [-0.25, -0.2) is 0 Å². The lowest BCUT2D eigenvalue weighted by molar-refractivity contribution is 0.146. The van der Waals surface area contributed by atoms with Gasteiger partial charge in [0.05, 0.1) is 8.95 Å². The number of aromatic nitrogens is 2. The Labute approximate surface area is 171 Å². The molecular weight excluding hydrogens is 460 g/mol. The van der Waals surface area contributed by atoms with Gasteiger partial charge in [0, 0.05) is 5.39 Å². The first kappa shape index (κ1) is 18.5. The zero-order valence-electron chi connectivity index (χ0n) is 14.8. The molecule has 4 rings (SSSR count). The first-order valence-corrected chi connectivity index (χ1v) is 11.3. The molecule has 0 amide bonds. The number of hydrogen-bond acceptors (Lipinski definition) is 4. The summed E-state index contributed by atoms with van der Waals surface area (Å²) < 4.78 is 14.1. The molecule has 0 spiro atoms. The van der Waals surface area contributed by atoms with E-state index in [2.05, 4.69) is 41.8 Å². The first-order valence-electron chi connectivity index (χ1n) is 9.69. The number of halogens is 2. The van der Waals surface area contributed by atoms with Gasteiger partial charge in [-0.3, -0.25) is 0 Å². The Morgan fingerprint density at radius 2 is 1.12 bits per heavy atom. The molecule has 0 bridgehead atoms. The Morgan fingerprint density at radius 1 is 0.692 bits per heavy atom. The molecule has 0 atom stereocenters. The van der Waals surface area contributed by atoms with E-state index in [0.29, 0.717) is 17.4 Å². The predicted molar refractivity (Wildman–Crippen MR) is 110 cm³/mol. The van der Waals surface area contributed by atoms with Crippen LogP contribution in [0.25, 0.3) is 11.0 Å². The monoisotopic (exact) mass is 482 g/mol. The number of pyridine rings is 2. The third-order valence-electron chi connectivity index (χ3n) is 5.31. The van der Waals surface area contributed by atoms with Crippen LogP contribution in [-0.4, -0.2) is 22.2 Å². The third-order valence-corrected chi connectivity index (χ3v) is 6.44. The second-order valence-corrected chi connectivity index (χ2v) is 9.06. The molecule has 2 aliphatic rings. The van der Waals surface area contributed by atoms with E-state index < -0.39 is 0 Å². The third kappa shape index (κ3) is 4.33. The highest BCUT2D eigenvalue weighted by atomic mass is 79.9. The molecule has 0 unspecified atom stereocenters. The molecule has 0 aliphatic heterocycles. The van der Waals surface area contributed by atoms with Crippen LogP contribution in [0, 0.1) is 0 Å². The maximum atomic E-state index is 6.16. The summed E-state index contributed by atoms with van der Waals surface area (Å²) in [6.07, 6.45) is 12.5. The summed E-state index contributed by atoms with van der Waals surface area (Å²) >= 11 is 7.21. The van der Waals surface area contributed by atoms with Crippen LogP contribution in [0.5, 0.6) is 11.8 Å². The molecule has 2 fully saturated rings. The van der Waals surface area contributed by atoms with Crippen LogP contribution < -0.4 is 9.47 Å². The summed E-state index contributed by atoms with van der Waals surface area (Å²) in [7, 11) is 0. The van der Waals surface area contributed by atoms with Gasteiger partial charge in [0.15, 0.2) is 5.65 Å². The average molecular weight is 484 g/mol. The molecule has 2 aromatic rings. The molecule has 4 nitrogen and oxygen atoms in total. The molecule has 6 heteroatoms. The molecule has 2 aliphatic carbocycles. The van der Waals surface area contributed by atoms with Crippen molar-refractivity contribution in [2.45, 2.75) is 76.4 Å². The number of rotatable bonds is 4. The zero-order chi connectivity index (χ0) is 17.9. The lowest BCUT2D eigenvalue weighted by Gasteiger charge is -2.24. The van der Waals surface area contributed by atoms with Crippen LogP contribution in [0.15, 0.2) is 21.1 Å². The van der Waals surface area contributed by atoms with Crippen molar-refractivity contribution in [3.05, 3.63) is 21.1 Å². The molecule has 2 heterocycles. The Morgan fingerprint density at radius 3 is 1.54 bits per heavy atom. The second kappa shape index (κ2) is 8.42. The summed E-state index contributed by atoms with van der Waals surface area (Å²) in [4.78, 5) is 9.37. The van der Waals surface area contributed by atoms with Gasteiger partial charge in [-0.2, -0.15) is 9.97 Å². The van der Waals surface area contributed by atoms with Crippen molar-refractivity contribution in [3.8, 4) is 11.8 Å². The van der Waals surface area contributed by atoms with Gasteiger partial charge in [-0.05, 0) is 95.4 Å². The SMILES string of the molecule is Brc1cc2cc(Br)c(OC3CCCCC3)nc2nc1OC1CCCCC1. The van der Waals surface area contributed by atoms with Crippen molar-refractivity contribution in [3.63, 3.8) is 0 Å². The minimum absolute atomic E-state index is 0.262. The van der Waals surface area contributed by atoms with Crippen molar-refractivity contribution < 1.29 is 9.47 Å². The standard InChI is InChI=1S/C20H24Br2N2O2/c21-16-11-13-12-17(22)20(26-15-9-5-2-6-10-15)24-18(13)23-19(16)25-14-7-3-1-4-8-14/h11-12,14-15H,1-10H2. The second-order valence-electron chi connectivity index (χ2n) is 7.35. The molecule has 26 heavy (non-hydrogen) atoms. The highest BCUT2D eigenvalue weighted by Gasteiger charge is 2.20. The fraction of sp³-hybridized carbons (Fsp3) is 0.600. The first-order chi connectivity index (χ1) is 12.7. The van der Waals surface area contributed by atoms with Crippen LogP contribution in [0.1, 0.15) is 64.2 Å². The number of nitrogens with zero attached hydrogens (tertiary/aromatic N) is 2. The Balaban J connectivity index is 1.59. The van der Waals surface area contributed by atoms with Crippen molar-refractivity contribution in [2.24, 2.45) is 0 Å². The Hall–Kier alpha value is -0.880. The van der Waals surface area contributed by atoms with Gasteiger partial charge in [0.1, 0.15) is 12.2 Å². The van der Waals surface area contributed by atoms with E-state index in [0.717, 1.165) is 40.0 Å². The molecule has 0 aromatic carbocycles. The largest absolute Gasteiger partial charge is 0.474 e. The van der Waals surface area contributed by atoms with Gasteiger partial charge >= 0.3 is 0 Å². The Bertz CT molecular complexity index is 711. The summed E-state index contributed by atoms with van der Waals surface area (Å²) in [6.45, 7) is 0. The Kier molecular flexibility index (Phi) is 5.99. The van der Waals surface area contributed by atoms with Crippen LogP contribution in [0.3, 0.4) is 0 Å². The highest BCUT2D eigenvalue weighted by molar-refractivity contribution is 9.11. The van der Waals surface area contributed by atoms with Crippen molar-refractivity contribution in [2.75, 3.05) is 0 Å². The van der Waals surface area contributed by atoms with Gasteiger partial charge in [-0.1, -0.05) is 12.8 Å². The summed E-state index contributed by atoms with van der Waals surface area (Å²) in [5, 5.41) is 0.968. The summed E-state index contributed by atoms with van der Waals surface area (Å²) in [5.41, 5.74) is 0.674. The quantitative estimate of drug-likeness (QED) is 0.492. The van der Waals surface area contributed by atoms with E-state index in [9.17, 15) is 0 Å². The molecule has 2 saturated carbocycles. The zero-order valence-corrected chi connectivity index (χ0v) is 18.0. The van der Waals surface area contributed by atoms with Crippen LogP contribution in [0.2, 0.25) is 0 Å².